The highest BCUT2D eigenvalue weighted by Gasteiger charge is 2.48. The standard InChI is InChI=1S/C24H42N4O3S/c1-15(29)27-13-17(14-27)32(30,31)26-16-11-18-19(22(2,3)4)20(23(5,6)7)25-21(24(8,9)10)28(18)12-16/h16-17,20,26H,11-14H2,1-10H3. The summed E-state index contributed by atoms with van der Waals surface area (Å²) in [7, 11) is -3.50. The molecule has 32 heavy (non-hydrogen) atoms. The van der Waals surface area contributed by atoms with Gasteiger partial charge in [0, 0.05) is 50.1 Å². The van der Waals surface area contributed by atoms with E-state index in [0.29, 0.717) is 13.0 Å². The van der Waals surface area contributed by atoms with E-state index in [4.69, 9.17) is 4.99 Å². The smallest absolute Gasteiger partial charge is 0.219 e. The highest BCUT2D eigenvalue weighted by molar-refractivity contribution is 7.90. The molecule has 3 aliphatic heterocycles. The molecule has 0 aromatic carbocycles. The van der Waals surface area contributed by atoms with Crippen LogP contribution in [0.3, 0.4) is 0 Å². The second-order valence-electron chi connectivity index (χ2n) is 12.8. The van der Waals surface area contributed by atoms with Gasteiger partial charge in [-0.25, -0.2) is 13.1 Å². The number of sulfonamides is 1. The van der Waals surface area contributed by atoms with Gasteiger partial charge in [0.25, 0.3) is 0 Å². The molecule has 2 saturated heterocycles. The largest absolute Gasteiger partial charge is 0.340 e. The maximum atomic E-state index is 13.0. The quantitative estimate of drug-likeness (QED) is 0.691. The zero-order valence-corrected chi connectivity index (χ0v) is 22.4. The molecule has 2 unspecified atom stereocenters. The van der Waals surface area contributed by atoms with Crippen molar-refractivity contribution >= 4 is 21.8 Å². The van der Waals surface area contributed by atoms with E-state index in [1.54, 1.807) is 4.90 Å². The lowest BCUT2D eigenvalue weighted by Crippen LogP contribution is -2.60. The number of aliphatic imine (C=N–C) groups is 1. The van der Waals surface area contributed by atoms with Crippen LogP contribution in [-0.4, -0.2) is 66.9 Å². The maximum absolute atomic E-state index is 13.0. The van der Waals surface area contributed by atoms with Crippen molar-refractivity contribution in [2.75, 3.05) is 19.6 Å². The van der Waals surface area contributed by atoms with Crippen molar-refractivity contribution in [3.63, 3.8) is 0 Å². The first-order chi connectivity index (χ1) is 14.3. The highest BCUT2D eigenvalue weighted by Crippen LogP contribution is 2.47. The first kappa shape index (κ1) is 25.2. The Balaban J connectivity index is 1.95. The van der Waals surface area contributed by atoms with Gasteiger partial charge in [-0.3, -0.25) is 9.79 Å². The summed E-state index contributed by atoms with van der Waals surface area (Å²) in [5.41, 5.74) is 2.26. The molecule has 0 saturated carbocycles. The van der Waals surface area contributed by atoms with Crippen LogP contribution in [0.4, 0.5) is 0 Å². The number of hydrogen-bond acceptors (Lipinski definition) is 5. The number of nitrogens with one attached hydrogen (secondary N) is 1. The van der Waals surface area contributed by atoms with E-state index in [1.807, 2.05) is 0 Å². The number of amidine groups is 1. The Hall–Kier alpha value is -1.41. The van der Waals surface area contributed by atoms with E-state index in [1.165, 1.54) is 18.2 Å². The molecule has 3 aliphatic rings. The Bertz CT molecular complexity index is 939. The molecule has 1 N–H and O–H groups in total. The van der Waals surface area contributed by atoms with Crippen LogP contribution in [0.1, 0.15) is 75.7 Å². The van der Waals surface area contributed by atoms with Crippen molar-refractivity contribution in [2.45, 2.75) is 93.0 Å². The van der Waals surface area contributed by atoms with Crippen LogP contribution >= 0.6 is 0 Å². The van der Waals surface area contributed by atoms with Crippen molar-refractivity contribution in [1.29, 1.82) is 0 Å². The number of nitrogens with zero attached hydrogens (tertiary/aromatic N) is 3. The number of amides is 1. The maximum Gasteiger partial charge on any atom is 0.219 e. The second-order valence-corrected chi connectivity index (χ2v) is 14.8. The summed E-state index contributed by atoms with van der Waals surface area (Å²) in [6.07, 6.45) is 0.663. The third-order valence-electron chi connectivity index (χ3n) is 6.62. The Labute approximate surface area is 194 Å². The van der Waals surface area contributed by atoms with Gasteiger partial charge in [0.15, 0.2) is 0 Å². The first-order valence-corrected chi connectivity index (χ1v) is 13.2. The highest BCUT2D eigenvalue weighted by atomic mass is 32.2. The summed E-state index contributed by atoms with van der Waals surface area (Å²) in [6, 6.07) is -0.154. The summed E-state index contributed by atoms with van der Waals surface area (Å²) in [5.74, 6) is 0.960. The van der Waals surface area contributed by atoms with Gasteiger partial charge in [-0.05, 0) is 16.4 Å². The van der Waals surface area contributed by atoms with Crippen LogP contribution in [0, 0.1) is 16.2 Å². The molecule has 8 heteroatoms. The summed E-state index contributed by atoms with van der Waals surface area (Å²) >= 11 is 0. The van der Waals surface area contributed by atoms with E-state index in [0.717, 1.165) is 5.84 Å². The monoisotopic (exact) mass is 466 g/mol. The fourth-order valence-corrected chi connectivity index (χ4v) is 6.56. The first-order valence-electron chi connectivity index (χ1n) is 11.7. The van der Waals surface area contributed by atoms with Gasteiger partial charge in [-0.15, -0.1) is 0 Å². The van der Waals surface area contributed by atoms with E-state index in [-0.39, 0.29) is 47.3 Å². The molecule has 182 valence electrons. The summed E-state index contributed by atoms with van der Waals surface area (Å²) in [5, 5.41) is -0.529. The van der Waals surface area contributed by atoms with Gasteiger partial charge in [-0.2, -0.15) is 0 Å². The minimum absolute atomic E-state index is 0.0438. The fourth-order valence-electron chi connectivity index (χ4n) is 4.99. The molecular weight excluding hydrogens is 424 g/mol. The van der Waals surface area contributed by atoms with Crippen LogP contribution in [0.15, 0.2) is 16.3 Å². The Kier molecular flexibility index (Phi) is 6.17. The van der Waals surface area contributed by atoms with Crippen molar-refractivity contribution in [1.82, 2.24) is 14.5 Å². The molecular formula is C24H42N4O3S. The molecule has 2 fully saturated rings. The molecule has 3 heterocycles. The number of likely N-dealkylation sites (tertiary alicyclic amines) is 1. The van der Waals surface area contributed by atoms with Gasteiger partial charge in [0.05, 0.1) is 6.04 Å². The lowest BCUT2D eigenvalue weighted by atomic mass is 9.70. The van der Waals surface area contributed by atoms with Gasteiger partial charge < -0.3 is 9.80 Å². The Morgan fingerprint density at radius 1 is 0.969 bits per heavy atom. The number of carbonyl (C=O) groups excluding carboxylic acids is 1. The van der Waals surface area contributed by atoms with Crippen molar-refractivity contribution < 1.29 is 13.2 Å². The van der Waals surface area contributed by atoms with Gasteiger partial charge in [0.2, 0.25) is 15.9 Å². The van der Waals surface area contributed by atoms with E-state index in [9.17, 15) is 13.2 Å². The van der Waals surface area contributed by atoms with Crippen molar-refractivity contribution in [3.8, 4) is 0 Å². The molecule has 0 bridgehead atoms. The molecule has 2 atom stereocenters. The molecule has 0 aromatic heterocycles. The zero-order valence-electron chi connectivity index (χ0n) is 21.5. The van der Waals surface area contributed by atoms with Crippen molar-refractivity contribution in [3.05, 3.63) is 11.3 Å². The predicted octanol–water partition coefficient (Wildman–Crippen LogP) is 3.38. The Morgan fingerprint density at radius 3 is 1.97 bits per heavy atom. The number of carbonyl (C=O) groups is 1. The molecule has 0 aliphatic carbocycles. The average molecular weight is 467 g/mol. The molecule has 0 aromatic rings. The number of hydrogen-bond donors (Lipinski definition) is 1. The molecule has 7 nitrogen and oxygen atoms in total. The number of fused-ring (bicyclic) bond motifs is 1. The van der Waals surface area contributed by atoms with E-state index in [2.05, 4.69) is 71.9 Å². The van der Waals surface area contributed by atoms with Crippen LogP contribution in [-0.2, 0) is 14.8 Å². The topological polar surface area (TPSA) is 82.1 Å². The third kappa shape index (κ3) is 4.76. The van der Waals surface area contributed by atoms with Crippen molar-refractivity contribution in [2.24, 2.45) is 21.2 Å². The average Bonchev–Trinajstić information content (AvgIpc) is 2.89. The normalized spacial score (nSPS) is 25.6. The Morgan fingerprint density at radius 2 is 1.53 bits per heavy atom. The van der Waals surface area contributed by atoms with Gasteiger partial charge in [-0.1, -0.05) is 62.3 Å². The van der Waals surface area contributed by atoms with Crippen LogP contribution in [0.5, 0.6) is 0 Å². The molecule has 3 rings (SSSR count). The molecule has 0 spiro atoms. The van der Waals surface area contributed by atoms with E-state index >= 15 is 0 Å². The van der Waals surface area contributed by atoms with Gasteiger partial charge in [0.1, 0.15) is 11.1 Å². The minimum atomic E-state index is -3.50. The SMILES string of the molecule is CC(=O)N1CC(S(=O)(=O)NC2CC3=C(C(C)(C)C)C(C(C)(C)C)N=C(C(C)(C)C)N3C2)C1. The molecule has 1 amide bonds. The lowest BCUT2D eigenvalue weighted by Gasteiger charge is -2.45. The van der Waals surface area contributed by atoms with Crippen LogP contribution in [0.25, 0.3) is 0 Å². The summed E-state index contributed by atoms with van der Waals surface area (Å²) in [4.78, 5) is 20.6. The summed E-state index contributed by atoms with van der Waals surface area (Å²) < 4.78 is 29.0. The fraction of sp³-hybridized carbons (Fsp3) is 0.833. The zero-order chi connectivity index (χ0) is 24.4. The van der Waals surface area contributed by atoms with E-state index < -0.39 is 15.3 Å². The minimum Gasteiger partial charge on any atom is -0.340 e. The number of rotatable bonds is 3. The van der Waals surface area contributed by atoms with Gasteiger partial charge >= 0.3 is 0 Å². The molecule has 0 radical (unpaired) electrons. The lowest BCUT2D eigenvalue weighted by molar-refractivity contribution is -0.131. The third-order valence-corrected chi connectivity index (χ3v) is 8.46. The van der Waals surface area contributed by atoms with Crippen LogP contribution in [0.2, 0.25) is 0 Å². The second kappa shape index (κ2) is 7.83. The van der Waals surface area contributed by atoms with Crippen LogP contribution < -0.4 is 4.72 Å². The summed E-state index contributed by atoms with van der Waals surface area (Å²) in [6.45, 7) is 22.5. The predicted molar refractivity (Wildman–Crippen MR) is 130 cm³/mol.